The maximum Gasteiger partial charge on any atom is 0.530 e. The quantitative estimate of drug-likeness (QED) is 0.164. The first-order valence-corrected chi connectivity index (χ1v) is 14.3. The third-order valence-corrected chi connectivity index (χ3v) is 7.39. The molecule has 0 aliphatic carbocycles. The number of phosphoric acid groups is 1. The summed E-state index contributed by atoms with van der Waals surface area (Å²) >= 11 is 3.28. The van der Waals surface area contributed by atoms with Gasteiger partial charge in [-0.05, 0) is 41.5 Å². The minimum atomic E-state index is -4.67. The van der Waals surface area contributed by atoms with Crippen LogP contribution < -0.4 is 14.6 Å². The summed E-state index contributed by atoms with van der Waals surface area (Å²) in [5.41, 5.74) is 0.0869. The smallest absolute Gasteiger partial charge is 0.497 e. The Bertz CT molecular complexity index is 1490. The molecule has 0 heterocycles. The molecule has 1 amide bonds. The van der Waals surface area contributed by atoms with Crippen molar-refractivity contribution in [3.05, 3.63) is 124 Å². The summed E-state index contributed by atoms with van der Waals surface area (Å²) in [5.74, 6) is -1.11. The van der Waals surface area contributed by atoms with Gasteiger partial charge in [0.05, 0.1) is 31.5 Å². The molecule has 0 atom stereocenters. The Hall–Kier alpha value is -3.63. The van der Waals surface area contributed by atoms with Crippen LogP contribution in [-0.2, 0) is 33.0 Å². The van der Waals surface area contributed by atoms with Crippen LogP contribution in [0.3, 0.4) is 0 Å². The van der Waals surface area contributed by atoms with Crippen molar-refractivity contribution in [2.45, 2.75) is 19.4 Å². The zero-order chi connectivity index (χ0) is 29.5. The first-order valence-electron chi connectivity index (χ1n) is 12.1. The summed E-state index contributed by atoms with van der Waals surface area (Å²) in [7, 11) is -3.13. The minimum Gasteiger partial charge on any atom is -0.497 e. The van der Waals surface area contributed by atoms with Crippen LogP contribution in [0.1, 0.15) is 27.0 Å². The average molecular weight is 650 g/mol. The van der Waals surface area contributed by atoms with E-state index in [1.54, 1.807) is 48.5 Å². The van der Waals surface area contributed by atoms with Crippen LogP contribution in [0.15, 0.2) is 102 Å². The third kappa shape index (κ3) is 8.68. The number of halogens is 4. The van der Waals surface area contributed by atoms with Gasteiger partial charge in [0.1, 0.15) is 11.5 Å². The Kier molecular flexibility index (Phi) is 9.88. The van der Waals surface area contributed by atoms with Crippen LogP contribution in [0.2, 0.25) is 0 Å². The zero-order valence-corrected chi connectivity index (χ0v) is 24.0. The summed E-state index contributed by atoms with van der Waals surface area (Å²) in [4.78, 5) is 13.3. The highest BCUT2D eigenvalue weighted by Crippen LogP contribution is 2.52. The van der Waals surface area contributed by atoms with E-state index in [9.17, 15) is 22.5 Å². The third-order valence-electron chi connectivity index (χ3n) is 5.59. The highest BCUT2D eigenvalue weighted by molar-refractivity contribution is 9.10. The molecular weight excluding hydrogens is 626 g/mol. The number of carbonyl (C=O) groups excluding carboxylic acids is 1. The lowest BCUT2D eigenvalue weighted by molar-refractivity contribution is -0.137. The van der Waals surface area contributed by atoms with Gasteiger partial charge in [-0.15, -0.1) is 0 Å². The number of benzene rings is 4. The SMILES string of the molecule is COc1cc(NC(=O)c2cc(Br)ccc2OP(=O)(OCc2ccccc2)OCc2ccccc2)cc(C(F)(F)F)c1. The van der Waals surface area contributed by atoms with Gasteiger partial charge in [0, 0.05) is 16.2 Å². The second kappa shape index (κ2) is 13.4. The Morgan fingerprint density at radius 2 is 1.44 bits per heavy atom. The number of hydrogen-bond acceptors (Lipinski definition) is 6. The van der Waals surface area contributed by atoms with Gasteiger partial charge < -0.3 is 14.6 Å². The molecule has 7 nitrogen and oxygen atoms in total. The van der Waals surface area contributed by atoms with E-state index >= 15 is 0 Å². The van der Waals surface area contributed by atoms with Gasteiger partial charge in [0.25, 0.3) is 5.91 Å². The molecule has 0 saturated carbocycles. The molecule has 0 aromatic heterocycles. The van der Waals surface area contributed by atoms with E-state index in [1.165, 1.54) is 31.4 Å². The Morgan fingerprint density at radius 1 is 0.854 bits per heavy atom. The topological polar surface area (TPSA) is 83.1 Å². The number of nitrogens with one attached hydrogen (secondary N) is 1. The predicted molar refractivity (Wildman–Crippen MR) is 151 cm³/mol. The molecular formula is C29H24BrF3NO6P. The zero-order valence-electron chi connectivity index (χ0n) is 21.6. The predicted octanol–water partition coefficient (Wildman–Crippen LogP) is 8.65. The normalized spacial score (nSPS) is 11.6. The summed E-state index contributed by atoms with van der Waals surface area (Å²) in [5, 5.41) is 2.42. The molecule has 4 aromatic carbocycles. The Morgan fingerprint density at radius 3 is 1.98 bits per heavy atom. The van der Waals surface area contributed by atoms with E-state index in [4.69, 9.17) is 18.3 Å². The summed E-state index contributed by atoms with van der Waals surface area (Å²) in [6.07, 6.45) is -4.67. The second-order valence-electron chi connectivity index (χ2n) is 8.60. The number of anilines is 1. The lowest BCUT2D eigenvalue weighted by atomic mass is 10.1. The van der Waals surface area contributed by atoms with E-state index in [2.05, 4.69) is 21.2 Å². The van der Waals surface area contributed by atoms with Gasteiger partial charge >= 0.3 is 14.0 Å². The highest BCUT2D eigenvalue weighted by Gasteiger charge is 2.33. The van der Waals surface area contributed by atoms with Gasteiger partial charge in [0.2, 0.25) is 0 Å². The van der Waals surface area contributed by atoms with E-state index < -0.39 is 25.5 Å². The number of ether oxygens (including phenoxy) is 1. The lowest BCUT2D eigenvalue weighted by Crippen LogP contribution is -2.15. The number of hydrogen-bond donors (Lipinski definition) is 1. The maximum atomic E-state index is 13.8. The van der Waals surface area contributed by atoms with Gasteiger partial charge in [-0.3, -0.25) is 13.8 Å². The van der Waals surface area contributed by atoms with Crippen molar-refractivity contribution in [1.82, 2.24) is 0 Å². The van der Waals surface area contributed by atoms with Crippen molar-refractivity contribution >= 4 is 35.3 Å². The van der Waals surface area contributed by atoms with Crippen molar-refractivity contribution in [2.24, 2.45) is 0 Å². The molecule has 1 N–H and O–H groups in total. The largest absolute Gasteiger partial charge is 0.530 e. The maximum absolute atomic E-state index is 13.8. The van der Waals surface area contributed by atoms with Crippen LogP contribution in [0.4, 0.5) is 18.9 Å². The Labute approximate surface area is 243 Å². The van der Waals surface area contributed by atoms with Crippen LogP contribution >= 0.6 is 23.8 Å². The van der Waals surface area contributed by atoms with Crippen LogP contribution in [-0.4, -0.2) is 13.0 Å². The van der Waals surface area contributed by atoms with Crippen molar-refractivity contribution in [3.8, 4) is 11.5 Å². The fraction of sp³-hybridized carbons (Fsp3) is 0.138. The lowest BCUT2D eigenvalue weighted by Gasteiger charge is -2.20. The molecule has 0 saturated heterocycles. The monoisotopic (exact) mass is 649 g/mol. The molecule has 4 aromatic rings. The first kappa shape index (κ1) is 30.3. The summed E-state index contributed by atoms with van der Waals surface area (Å²) in [6.45, 7) is -0.232. The second-order valence-corrected chi connectivity index (χ2v) is 11.1. The van der Waals surface area contributed by atoms with Gasteiger partial charge in [0.15, 0.2) is 0 Å². The average Bonchev–Trinajstić information content (AvgIpc) is 2.96. The number of phosphoric ester groups is 1. The molecule has 4 rings (SSSR count). The van der Waals surface area contributed by atoms with E-state index in [1.807, 2.05) is 12.1 Å². The molecule has 0 unspecified atom stereocenters. The fourth-order valence-corrected chi connectivity index (χ4v) is 5.13. The van der Waals surface area contributed by atoms with Crippen molar-refractivity contribution < 1.29 is 40.8 Å². The minimum absolute atomic E-state index is 0.103. The van der Waals surface area contributed by atoms with E-state index in [-0.39, 0.29) is 36.0 Å². The Balaban J connectivity index is 1.62. The molecule has 0 fully saturated rings. The number of alkyl halides is 3. The molecule has 0 radical (unpaired) electrons. The molecule has 41 heavy (non-hydrogen) atoms. The molecule has 0 bridgehead atoms. The van der Waals surface area contributed by atoms with Crippen molar-refractivity contribution in [3.63, 3.8) is 0 Å². The fourth-order valence-electron chi connectivity index (χ4n) is 3.58. The number of methoxy groups -OCH3 is 1. The number of carbonyl (C=O) groups is 1. The highest BCUT2D eigenvalue weighted by atomic mass is 79.9. The van der Waals surface area contributed by atoms with Crippen LogP contribution in [0.5, 0.6) is 11.5 Å². The van der Waals surface area contributed by atoms with Gasteiger partial charge in [-0.25, -0.2) is 4.57 Å². The standard InChI is InChI=1S/C29H24BrF3NO6P/c1-37-25-15-22(29(31,32)33)14-24(17-25)34-28(35)26-16-23(30)12-13-27(26)40-41(36,38-18-20-8-4-2-5-9-20)39-19-21-10-6-3-7-11-21/h2-17H,18-19H2,1H3,(H,34,35). The van der Waals surface area contributed by atoms with Gasteiger partial charge in [-0.2, -0.15) is 13.2 Å². The summed E-state index contributed by atoms with van der Waals surface area (Å²) in [6, 6.07) is 25.0. The van der Waals surface area contributed by atoms with E-state index in [0.29, 0.717) is 15.6 Å². The van der Waals surface area contributed by atoms with Crippen LogP contribution in [0, 0.1) is 0 Å². The molecule has 12 heteroatoms. The molecule has 0 aliphatic rings. The van der Waals surface area contributed by atoms with Gasteiger partial charge in [-0.1, -0.05) is 76.6 Å². The molecule has 214 valence electrons. The molecule has 0 aliphatic heterocycles. The van der Waals surface area contributed by atoms with Crippen molar-refractivity contribution in [2.75, 3.05) is 12.4 Å². The van der Waals surface area contributed by atoms with E-state index in [0.717, 1.165) is 12.1 Å². The number of rotatable bonds is 11. The van der Waals surface area contributed by atoms with Crippen LogP contribution in [0.25, 0.3) is 0 Å². The van der Waals surface area contributed by atoms with Crippen molar-refractivity contribution in [1.29, 1.82) is 0 Å². The molecule has 0 spiro atoms. The number of amides is 1. The first-order chi connectivity index (χ1) is 19.5. The summed E-state index contributed by atoms with van der Waals surface area (Å²) < 4.78 is 76.4.